The summed E-state index contributed by atoms with van der Waals surface area (Å²) in [5, 5.41) is 3.42. The summed E-state index contributed by atoms with van der Waals surface area (Å²) in [7, 11) is 3.46. The zero-order valence-electron chi connectivity index (χ0n) is 13.6. The molecular formula is C16H28Cl2N2O2. The Bertz CT molecular complexity index is 427. The molecule has 0 spiro atoms. The Morgan fingerprint density at radius 2 is 1.82 bits per heavy atom. The first-order valence-electron chi connectivity index (χ1n) is 7.46. The molecule has 1 aromatic rings. The predicted molar refractivity (Wildman–Crippen MR) is 96.1 cm³/mol. The van der Waals surface area contributed by atoms with E-state index in [0.29, 0.717) is 6.04 Å². The highest BCUT2D eigenvalue weighted by Crippen LogP contribution is 2.35. The summed E-state index contributed by atoms with van der Waals surface area (Å²) in [4.78, 5) is 2.55. The van der Waals surface area contributed by atoms with Gasteiger partial charge in [-0.3, -0.25) is 4.90 Å². The molecule has 0 unspecified atom stereocenters. The van der Waals surface area contributed by atoms with E-state index >= 15 is 0 Å². The Hall–Kier alpha value is -0.680. The van der Waals surface area contributed by atoms with Crippen LogP contribution in [0.3, 0.4) is 0 Å². The molecule has 0 bridgehead atoms. The molecule has 128 valence electrons. The maximum absolute atomic E-state index is 5.57. The molecule has 0 aromatic heterocycles. The molecule has 1 aliphatic rings. The van der Waals surface area contributed by atoms with Crippen LogP contribution in [-0.4, -0.2) is 45.3 Å². The third-order valence-corrected chi connectivity index (χ3v) is 3.95. The Kier molecular flexibility index (Phi) is 10.6. The lowest BCUT2D eigenvalue weighted by atomic mass is 9.98. The maximum Gasteiger partial charge on any atom is 0.123 e. The van der Waals surface area contributed by atoms with Crippen LogP contribution < -0.4 is 14.8 Å². The van der Waals surface area contributed by atoms with Crippen molar-refractivity contribution in [2.75, 3.05) is 40.4 Å². The van der Waals surface area contributed by atoms with E-state index < -0.39 is 0 Å². The average molecular weight is 351 g/mol. The number of nitrogens with one attached hydrogen (secondary N) is 1. The highest BCUT2D eigenvalue weighted by molar-refractivity contribution is 5.85. The Balaban J connectivity index is 0.00000220. The lowest BCUT2D eigenvalue weighted by Crippen LogP contribution is -2.45. The summed E-state index contributed by atoms with van der Waals surface area (Å²) in [6, 6.07) is 6.51. The van der Waals surface area contributed by atoms with Gasteiger partial charge in [-0.05, 0) is 24.6 Å². The van der Waals surface area contributed by atoms with Gasteiger partial charge in [0.25, 0.3) is 0 Å². The molecule has 22 heavy (non-hydrogen) atoms. The van der Waals surface area contributed by atoms with E-state index in [1.807, 2.05) is 12.1 Å². The van der Waals surface area contributed by atoms with E-state index in [2.05, 4.69) is 23.2 Å². The van der Waals surface area contributed by atoms with Crippen LogP contribution >= 0.6 is 24.8 Å². The topological polar surface area (TPSA) is 33.7 Å². The molecule has 0 aliphatic carbocycles. The standard InChI is InChI=1S/C16H26N2O2.2ClH/c1-4-5-15(18-10-8-17-9-11-18)14-12-13(19-2)6-7-16(14)20-3;;/h6-7,12,15,17H,4-5,8-11H2,1-3H3;2*1H/t15-;;/m0../s1. The van der Waals surface area contributed by atoms with E-state index in [4.69, 9.17) is 9.47 Å². The zero-order valence-corrected chi connectivity index (χ0v) is 15.3. The molecule has 2 rings (SSSR count). The molecule has 4 nitrogen and oxygen atoms in total. The van der Waals surface area contributed by atoms with Gasteiger partial charge in [0.2, 0.25) is 0 Å². The van der Waals surface area contributed by atoms with Crippen LogP contribution in [0.25, 0.3) is 0 Å². The van der Waals surface area contributed by atoms with Crippen LogP contribution in [0.2, 0.25) is 0 Å². The monoisotopic (exact) mass is 350 g/mol. The smallest absolute Gasteiger partial charge is 0.123 e. The zero-order chi connectivity index (χ0) is 14.4. The molecule has 1 atom stereocenters. The minimum atomic E-state index is 0. The second-order valence-corrected chi connectivity index (χ2v) is 5.20. The lowest BCUT2D eigenvalue weighted by Gasteiger charge is -2.35. The summed E-state index contributed by atoms with van der Waals surface area (Å²) in [5.74, 6) is 1.86. The van der Waals surface area contributed by atoms with Gasteiger partial charge in [-0.1, -0.05) is 13.3 Å². The summed E-state index contributed by atoms with van der Waals surface area (Å²) in [5.41, 5.74) is 1.25. The number of ether oxygens (including phenoxy) is 2. The molecule has 1 fully saturated rings. The number of benzene rings is 1. The Morgan fingerprint density at radius 1 is 1.14 bits per heavy atom. The van der Waals surface area contributed by atoms with Crippen LogP contribution in [-0.2, 0) is 0 Å². The van der Waals surface area contributed by atoms with E-state index in [0.717, 1.165) is 50.5 Å². The highest BCUT2D eigenvalue weighted by atomic mass is 35.5. The third-order valence-electron chi connectivity index (χ3n) is 3.95. The number of methoxy groups -OCH3 is 2. The first-order chi connectivity index (χ1) is 9.80. The second kappa shape index (κ2) is 10.9. The van der Waals surface area contributed by atoms with Crippen molar-refractivity contribution >= 4 is 24.8 Å². The fourth-order valence-electron chi connectivity index (χ4n) is 2.90. The summed E-state index contributed by atoms with van der Waals surface area (Å²) in [6.45, 7) is 6.54. The predicted octanol–water partition coefficient (Wildman–Crippen LogP) is 3.29. The molecular weight excluding hydrogens is 323 g/mol. The van der Waals surface area contributed by atoms with Crippen molar-refractivity contribution in [2.45, 2.75) is 25.8 Å². The molecule has 1 aliphatic heterocycles. The first-order valence-corrected chi connectivity index (χ1v) is 7.46. The van der Waals surface area contributed by atoms with Gasteiger partial charge in [0, 0.05) is 37.8 Å². The quantitative estimate of drug-likeness (QED) is 0.853. The summed E-state index contributed by atoms with van der Waals surface area (Å²) < 4.78 is 10.9. The number of hydrogen-bond donors (Lipinski definition) is 1. The van der Waals surface area contributed by atoms with Crippen LogP contribution in [0, 0.1) is 0 Å². The maximum atomic E-state index is 5.57. The van der Waals surface area contributed by atoms with Crippen LogP contribution in [0.1, 0.15) is 31.4 Å². The van der Waals surface area contributed by atoms with Gasteiger partial charge < -0.3 is 14.8 Å². The van der Waals surface area contributed by atoms with Crippen molar-refractivity contribution in [3.63, 3.8) is 0 Å². The molecule has 0 amide bonds. The second-order valence-electron chi connectivity index (χ2n) is 5.20. The minimum absolute atomic E-state index is 0. The van der Waals surface area contributed by atoms with Crippen LogP contribution in [0.5, 0.6) is 11.5 Å². The van der Waals surface area contributed by atoms with Crippen molar-refractivity contribution < 1.29 is 9.47 Å². The van der Waals surface area contributed by atoms with Gasteiger partial charge in [0.15, 0.2) is 0 Å². The van der Waals surface area contributed by atoms with E-state index in [9.17, 15) is 0 Å². The first kappa shape index (κ1) is 21.3. The van der Waals surface area contributed by atoms with Crippen molar-refractivity contribution in [2.24, 2.45) is 0 Å². The number of nitrogens with zero attached hydrogens (tertiary/aromatic N) is 1. The summed E-state index contributed by atoms with van der Waals surface area (Å²) >= 11 is 0. The lowest BCUT2D eigenvalue weighted by molar-refractivity contribution is 0.161. The molecule has 0 saturated carbocycles. The normalized spacial score (nSPS) is 16.1. The average Bonchev–Trinajstić information content (AvgIpc) is 2.53. The third kappa shape index (κ3) is 5.20. The van der Waals surface area contributed by atoms with Gasteiger partial charge in [0.05, 0.1) is 14.2 Å². The molecule has 1 heterocycles. The molecule has 6 heteroatoms. The van der Waals surface area contributed by atoms with E-state index in [1.54, 1.807) is 14.2 Å². The van der Waals surface area contributed by atoms with Crippen molar-refractivity contribution in [3.8, 4) is 11.5 Å². The summed E-state index contributed by atoms with van der Waals surface area (Å²) in [6.07, 6.45) is 2.30. The van der Waals surface area contributed by atoms with E-state index in [1.165, 1.54) is 5.56 Å². The van der Waals surface area contributed by atoms with Crippen LogP contribution in [0.15, 0.2) is 18.2 Å². The van der Waals surface area contributed by atoms with Crippen LogP contribution in [0.4, 0.5) is 0 Å². The molecule has 0 radical (unpaired) electrons. The Labute approximate surface area is 146 Å². The molecule has 1 saturated heterocycles. The van der Waals surface area contributed by atoms with Gasteiger partial charge in [-0.25, -0.2) is 0 Å². The minimum Gasteiger partial charge on any atom is -0.497 e. The van der Waals surface area contributed by atoms with Gasteiger partial charge in [0.1, 0.15) is 11.5 Å². The number of halogens is 2. The van der Waals surface area contributed by atoms with Crippen molar-refractivity contribution in [1.82, 2.24) is 10.2 Å². The largest absolute Gasteiger partial charge is 0.497 e. The number of piperazine rings is 1. The highest BCUT2D eigenvalue weighted by Gasteiger charge is 2.24. The van der Waals surface area contributed by atoms with Crippen molar-refractivity contribution in [1.29, 1.82) is 0 Å². The molecule has 1 aromatic carbocycles. The van der Waals surface area contributed by atoms with Gasteiger partial charge in [-0.15, -0.1) is 24.8 Å². The fourth-order valence-corrected chi connectivity index (χ4v) is 2.90. The SMILES string of the molecule is CCC[C@@H](c1cc(OC)ccc1OC)N1CCNCC1.Cl.Cl. The number of hydrogen-bond acceptors (Lipinski definition) is 4. The Morgan fingerprint density at radius 3 is 2.36 bits per heavy atom. The molecule has 1 N–H and O–H groups in total. The fraction of sp³-hybridized carbons (Fsp3) is 0.625. The van der Waals surface area contributed by atoms with E-state index in [-0.39, 0.29) is 24.8 Å². The van der Waals surface area contributed by atoms with Gasteiger partial charge in [-0.2, -0.15) is 0 Å². The number of rotatable bonds is 6. The van der Waals surface area contributed by atoms with Crippen molar-refractivity contribution in [3.05, 3.63) is 23.8 Å². The van der Waals surface area contributed by atoms with Gasteiger partial charge >= 0.3 is 0 Å².